The van der Waals surface area contributed by atoms with Gasteiger partial charge in [-0.25, -0.2) is 9.97 Å². The zero-order chi connectivity index (χ0) is 65.7. The summed E-state index contributed by atoms with van der Waals surface area (Å²) in [6.45, 7) is 5.86. The van der Waals surface area contributed by atoms with Crippen molar-refractivity contribution in [3.63, 3.8) is 0 Å². The second kappa shape index (κ2) is 31.4. The van der Waals surface area contributed by atoms with E-state index in [0.29, 0.717) is 31.0 Å². The number of hydrogen-bond donors (Lipinski definition) is 11. The van der Waals surface area contributed by atoms with E-state index in [4.69, 9.17) is 48.3 Å². The Morgan fingerprint density at radius 1 is 0.956 bits per heavy atom. The summed E-state index contributed by atoms with van der Waals surface area (Å²) in [4.78, 5) is 90.2. The van der Waals surface area contributed by atoms with Gasteiger partial charge in [0, 0.05) is 111 Å². The summed E-state index contributed by atoms with van der Waals surface area (Å²) >= 11 is 11.7. The third-order valence-corrected chi connectivity index (χ3v) is 16.1. The molecule has 2 aromatic heterocycles. The fourth-order valence-electron chi connectivity index (χ4n) is 11.1. The number of phenols is 2. The molecule has 90 heavy (non-hydrogen) atoms. The molecule has 0 spiro atoms. The van der Waals surface area contributed by atoms with Crippen LogP contribution in [0.1, 0.15) is 124 Å². The number of aliphatic carboxylic acids is 1. The first kappa shape index (κ1) is 69.8. The smallest absolute Gasteiger partial charge is 0.475 e. The topological polar surface area (TPSA) is 389 Å². The number of halogens is 2. The number of nitrogens with zero attached hydrogens (tertiary/aromatic N) is 5. The minimum Gasteiger partial charge on any atom is -0.507 e. The van der Waals surface area contributed by atoms with Gasteiger partial charge in [-0.05, 0) is 55.5 Å². The fraction of sp³-hybridized carbons (Fsp3) is 0.435. The Hall–Kier alpha value is -7.63. The second-order valence-electron chi connectivity index (χ2n) is 22.5. The molecule has 2 aliphatic carbocycles. The highest BCUT2D eigenvalue weighted by Gasteiger charge is 2.50. The standard InChI is InChI=1S/C27H29NO11.C19H25BN4O4.C16H21Cl2N3O2/c1-10-22(31)13(28)6-17(38-10)39-15-8-27(36,16(30)9-29)7-12-19(15)26(35)21-20(24(12)33)23(32)11-4-3-5-14(37-2)18(11)25(21)34;1-13(2)10-17(20(27)28)24-18(25)15(11-14-6-4-3-5-7-14)23-19(26)16-12-21-8-9-22-16;1-20-14-6-5-12(21(9-7-17)10-8-18)11-13(14)19-15(20)3-2-4-16(22)23/h3-5,10,13,15,17,22,29,31,33,35-36H,6-9,28H2,1-2H3;3-9,12-13,15,17,27-28H,10-11H2,1-2H3,(H,23,26)(H,24,25);5-6,11H,2-4,7-10H2,1H3,(H,22,23)/t10-,13-,15-,17-,22+,27-;15-,17-;/m00./s1. The number of aliphatic hydroxyl groups is 3. The Bertz CT molecular complexity index is 3510. The maximum atomic E-state index is 13.6. The van der Waals surface area contributed by atoms with Crippen LogP contribution in [0.4, 0.5) is 5.69 Å². The van der Waals surface area contributed by atoms with Crippen molar-refractivity contribution < 1.29 is 83.7 Å². The van der Waals surface area contributed by atoms with Crippen LogP contribution in [0.3, 0.4) is 0 Å². The number of ketones is 3. The first-order valence-corrected chi connectivity index (χ1v) is 30.2. The number of rotatable bonds is 23. The number of imidazole rings is 1. The fourth-order valence-corrected chi connectivity index (χ4v) is 11.5. The van der Waals surface area contributed by atoms with Gasteiger partial charge in [0.1, 0.15) is 47.0 Å². The average Bonchev–Trinajstić information content (AvgIpc) is 0.816. The number of hydrogen-bond acceptors (Lipinski definition) is 21. The number of aliphatic hydroxyl groups excluding tert-OH is 2. The molecule has 482 valence electrons. The number of Topliss-reactive ketones (excluding diaryl/α,β-unsaturated/α-hetero) is 1. The SMILES string of the molecule is CC(C)C[C@H](NC(=O)[C@H](Cc1ccccc1)NC(=O)c1cnccn1)B(O)O.COc1cccc2c1C(=O)c1c(O)c3c(c(O)c1C2=O)C[C@@](O)(C(=O)CO)C[C@@H]3O[C@H]1C[C@H](N)[C@H](O)[C@H](C)O1.Cn1c(CCCC(=O)O)nc2cc(N(CCCl)CCCl)ccc21. The van der Waals surface area contributed by atoms with Crippen molar-refractivity contribution in [1.82, 2.24) is 30.2 Å². The third kappa shape index (κ3) is 16.5. The van der Waals surface area contributed by atoms with Gasteiger partial charge in [0.05, 0.1) is 65.3 Å². The molecule has 2 amide bonds. The Kier molecular flexibility index (Phi) is 24.4. The van der Waals surface area contributed by atoms with Gasteiger partial charge in [-0.2, -0.15) is 0 Å². The highest BCUT2D eigenvalue weighted by atomic mass is 35.5. The Labute approximate surface area is 529 Å². The van der Waals surface area contributed by atoms with Crippen LogP contribution < -0.4 is 26.0 Å². The number of phenolic OH excluding ortho intramolecular Hbond substituents is 2. The quantitative estimate of drug-likeness (QED) is 0.0247. The van der Waals surface area contributed by atoms with Crippen molar-refractivity contribution in [2.45, 2.75) is 120 Å². The summed E-state index contributed by atoms with van der Waals surface area (Å²) in [7, 11) is 1.59. The number of benzene rings is 4. The van der Waals surface area contributed by atoms with Crippen LogP contribution in [0.5, 0.6) is 17.2 Å². The molecule has 3 heterocycles. The van der Waals surface area contributed by atoms with Crippen molar-refractivity contribution >= 4 is 82.2 Å². The van der Waals surface area contributed by atoms with Gasteiger partial charge < -0.3 is 80.7 Å². The number of fused-ring (bicyclic) bond motifs is 4. The van der Waals surface area contributed by atoms with Crippen LogP contribution in [-0.4, -0.2) is 183 Å². The molecule has 8 atom stereocenters. The number of aryl methyl sites for hydroxylation is 2. The van der Waals surface area contributed by atoms with Crippen molar-refractivity contribution in [2.24, 2.45) is 18.7 Å². The zero-order valence-electron chi connectivity index (χ0n) is 50.3. The first-order chi connectivity index (χ1) is 42.9. The number of anilines is 1. The number of nitrogens with two attached hydrogens (primary N) is 1. The Balaban J connectivity index is 0.000000200. The third-order valence-electron chi connectivity index (χ3n) is 15.7. The molecular weight excluding hydrogens is 1210 g/mol. The summed E-state index contributed by atoms with van der Waals surface area (Å²) in [5.74, 6) is -4.29. The number of carbonyl (C=O) groups is 6. The van der Waals surface area contributed by atoms with Gasteiger partial charge in [0.2, 0.25) is 11.7 Å². The predicted octanol–water partition coefficient (Wildman–Crippen LogP) is 3.63. The molecule has 3 aliphatic rings. The lowest BCUT2D eigenvalue weighted by atomic mass is 9.72. The van der Waals surface area contributed by atoms with Crippen molar-refractivity contribution in [1.29, 1.82) is 0 Å². The number of carboxylic acid groups (broad SMARTS) is 1. The molecule has 0 bridgehead atoms. The molecule has 1 saturated heterocycles. The minimum atomic E-state index is -2.24. The molecule has 9 rings (SSSR count). The monoisotopic (exact) mass is 1280 g/mol. The van der Waals surface area contributed by atoms with Crippen LogP contribution >= 0.6 is 23.2 Å². The van der Waals surface area contributed by atoms with E-state index in [-0.39, 0.29) is 58.9 Å². The molecule has 0 radical (unpaired) electrons. The van der Waals surface area contributed by atoms with E-state index in [9.17, 15) is 64.3 Å². The maximum Gasteiger partial charge on any atom is 0.475 e. The second-order valence-corrected chi connectivity index (χ2v) is 23.3. The molecule has 28 heteroatoms. The number of aromatic nitrogens is 4. The van der Waals surface area contributed by atoms with Crippen LogP contribution in [-0.2, 0) is 50.2 Å². The van der Waals surface area contributed by atoms with Gasteiger partial charge in [0.15, 0.2) is 17.9 Å². The lowest BCUT2D eigenvalue weighted by molar-refractivity contribution is -0.247. The van der Waals surface area contributed by atoms with E-state index in [2.05, 4.69) is 30.5 Å². The van der Waals surface area contributed by atoms with E-state index in [0.717, 1.165) is 41.2 Å². The Morgan fingerprint density at radius 3 is 2.27 bits per heavy atom. The molecule has 25 nitrogen and oxygen atoms in total. The van der Waals surface area contributed by atoms with Crippen molar-refractivity contribution in [3.05, 3.63) is 136 Å². The van der Waals surface area contributed by atoms with E-state index in [1.54, 1.807) is 6.92 Å². The van der Waals surface area contributed by atoms with Crippen LogP contribution in [0, 0.1) is 5.92 Å². The van der Waals surface area contributed by atoms with Crippen LogP contribution in [0.15, 0.2) is 85.3 Å². The number of alkyl halides is 2. The lowest BCUT2D eigenvalue weighted by Gasteiger charge is -2.42. The zero-order valence-corrected chi connectivity index (χ0v) is 51.8. The molecular formula is C62H75BCl2N8O17. The maximum absolute atomic E-state index is 13.6. The summed E-state index contributed by atoms with van der Waals surface area (Å²) in [5.41, 5.74) is 6.31. The van der Waals surface area contributed by atoms with Gasteiger partial charge in [0.25, 0.3) is 5.91 Å². The van der Waals surface area contributed by atoms with E-state index < -0.39 is 133 Å². The van der Waals surface area contributed by atoms with Gasteiger partial charge in [-0.3, -0.25) is 33.8 Å². The predicted molar refractivity (Wildman–Crippen MR) is 332 cm³/mol. The molecule has 1 fully saturated rings. The molecule has 1 aliphatic heterocycles. The summed E-state index contributed by atoms with van der Waals surface area (Å²) in [6.07, 6.45) is 1.06. The van der Waals surface area contributed by atoms with E-state index in [1.807, 2.05) is 74.0 Å². The average molecular weight is 1290 g/mol. The van der Waals surface area contributed by atoms with E-state index >= 15 is 0 Å². The van der Waals surface area contributed by atoms with Gasteiger partial charge >= 0.3 is 13.1 Å². The van der Waals surface area contributed by atoms with E-state index in [1.165, 1.54) is 43.9 Å². The number of ether oxygens (including phenoxy) is 3. The highest BCUT2D eigenvalue weighted by molar-refractivity contribution is 6.43. The van der Waals surface area contributed by atoms with Gasteiger partial charge in [-0.1, -0.05) is 56.3 Å². The van der Waals surface area contributed by atoms with Crippen molar-refractivity contribution in [2.75, 3.05) is 43.5 Å². The lowest BCUT2D eigenvalue weighted by Crippen LogP contribution is -2.55. The number of carbonyl (C=O) groups excluding carboxylic acids is 5. The highest BCUT2D eigenvalue weighted by Crippen LogP contribution is 2.52. The number of aromatic hydroxyl groups is 2. The number of amides is 2. The number of nitrogens with one attached hydrogen (secondary N) is 2. The number of carboxylic acids is 1. The van der Waals surface area contributed by atoms with Gasteiger partial charge in [-0.15, -0.1) is 23.2 Å². The van der Waals surface area contributed by atoms with Crippen LogP contribution in [0.25, 0.3) is 11.0 Å². The molecule has 4 aromatic carbocycles. The number of methoxy groups -OCH3 is 1. The summed E-state index contributed by atoms with van der Waals surface area (Å²) in [5, 5.41) is 86.9. The first-order valence-electron chi connectivity index (χ1n) is 29.2. The molecule has 0 unspecified atom stereocenters. The van der Waals surface area contributed by atoms with Crippen LogP contribution in [0.2, 0.25) is 0 Å². The van der Waals surface area contributed by atoms with Crippen molar-refractivity contribution in [3.8, 4) is 17.2 Å². The molecule has 12 N–H and O–H groups in total. The normalized spacial score (nSPS) is 19.8. The largest absolute Gasteiger partial charge is 0.507 e. The summed E-state index contributed by atoms with van der Waals surface area (Å²) < 4.78 is 19.0. The minimum absolute atomic E-state index is 0.0173. The summed E-state index contributed by atoms with van der Waals surface area (Å²) in [6, 6.07) is 18.1. The molecule has 6 aromatic rings. The Morgan fingerprint density at radius 2 is 1.66 bits per heavy atom. The molecule has 0 saturated carbocycles.